The third-order valence-electron chi connectivity index (χ3n) is 1.38. The molecular formula is C9H11NO5. The van der Waals surface area contributed by atoms with Crippen LogP contribution in [0.25, 0.3) is 1.43 Å². The Morgan fingerprint density at radius 3 is 3.07 bits per heavy atom. The number of aromatic hydroxyl groups is 2. The summed E-state index contributed by atoms with van der Waals surface area (Å²) >= 11 is 0. The molecule has 0 amide bonds. The molecule has 0 aromatic heterocycles. The molecule has 1 aromatic rings. The highest BCUT2D eigenvalue weighted by molar-refractivity contribution is 5.74. The molecule has 0 heterocycles. The second kappa shape index (κ2) is 4.16. The van der Waals surface area contributed by atoms with Gasteiger partial charge in [-0.05, 0) is 17.6 Å². The molecule has 0 saturated carbocycles. The predicted octanol–water partition coefficient (Wildman–Crippen LogP) is -0.457. The molecule has 0 radical (unpaired) electrons. The topological polar surface area (TPSA) is 124 Å². The molecule has 6 nitrogen and oxygen atoms in total. The molecule has 0 spiro atoms. The Balaban J connectivity index is 4.01. The van der Waals surface area contributed by atoms with Crippen LogP contribution in [0.15, 0.2) is 18.1 Å². The van der Waals surface area contributed by atoms with Crippen LogP contribution in [-0.2, 0) is 4.79 Å². The van der Waals surface area contributed by atoms with Gasteiger partial charge in [-0.2, -0.15) is 0 Å². The lowest BCUT2D eigenvalue weighted by Gasteiger charge is -2.15. The van der Waals surface area contributed by atoms with Crippen LogP contribution in [0.5, 0.6) is 11.5 Å². The summed E-state index contributed by atoms with van der Waals surface area (Å²) < 4.78 is 81.2. The van der Waals surface area contributed by atoms with E-state index in [2.05, 4.69) is 20.4 Å². The van der Waals surface area contributed by atoms with Crippen molar-refractivity contribution in [1.82, 2.24) is 0 Å². The smallest absolute Gasteiger partial charge is 0.323 e. The molecule has 82 valence electrons. The lowest BCUT2D eigenvalue weighted by atomic mass is 10.0. The highest BCUT2D eigenvalue weighted by Crippen LogP contribution is 2.28. The Hall–Kier alpha value is -1.79. The van der Waals surface area contributed by atoms with Crippen molar-refractivity contribution >= 4 is 5.97 Å². The number of carbonyl (C=O) groups is 1. The monoisotopic (exact) mass is 224 g/mol. The van der Waals surface area contributed by atoms with E-state index in [9.17, 15) is 4.79 Å². The van der Waals surface area contributed by atoms with Crippen molar-refractivity contribution in [3.8, 4) is 11.5 Å². The molecule has 0 aliphatic rings. The first-order valence-corrected chi connectivity index (χ1v) is 3.49. The summed E-state index contributed by atoms with van der Waals surface area (Å²) in [5.74, 6) is -3.89. The van der Waals surface area contributed by atoms with Crippen molar-refractivity contribution in [2.75, 3.05) is 0 Å². The van der Waals surface area contributed by atoms with E-state index in [0.717, 1.165) is 0 Å². The van der Waals surface area contributed by atoms with Gasteiger partial charge in [-0.15, -0.1) is 0 Å². The second-order valence-corrected chi connectivity index (χ2v) is 2.37. The van der Waals surface area contributed by atoms with E-state index >= 15 is 0 Å². The van der Waals surface area contributed by atoms with E-state index in [-0.39, 0.29) is 0 Å². The van der Waals surface area contributed by atoms with Crippen molar-refractivity contribution in [2.45, 2.75) is 12.1 Å². The predicted molar refractivity (Wildman–Crippen MR) is 50.3 cm³/mol. The maximum absolute atomic E-state index is 11.8. The molecule has 0 aliphatic heterocycles. The van der Waals surface area contributed by atoms with Crippen LogP contribution in [0.2, 0.25) is 2.82 Å². The normalized spacial score (nSPS) is 28.5. The van der Waals surface area contributed by atoms with Crippen molar-refractivity contribution in [1.29, 1.82) is 5.72 Å². The average Bonchev–Trinajstić information content (AvgIpc) is 2.62. The van der Waals surface area contributed by atoms with Crippen LogP contribution in [0.4, 0.5) is 0 Å². The maximum Gasteiger partial charge on any atom is 0.323 e. The number of carboxylic acid groups (broad SMARTS) is 1. The molecule has 6 N–H and O–H groups in total. The van der Waals surface area contributed by atoms with E-state index in [1.54, 1.807) is 0 Å². The molecular weight excluding hydrogens is 202 g/mol. The zero-order valence-electron chi connectivity index (χ0n) is 18.0. The van der Waals surface area contributed by atoms with Crippen molar-refractivity contribution in [3.63, 3.8) is 0 Å². The number of phenols is 2. The Morgan fingerprint density at radius 2 is 2.47 bits per heavy atom. The number of benzene rings is 1. The van der Waals surface area contributed by atoms with E-state index in [4.69, 9.17) is 15.4 Å². The van der Waals surface area contributed by atoms with Crippen molar-refractivity contribution in [3.05, 3.63) is 23.7 Å². The summed E-state index contributed by atoms with van der Waals surface area (Å²) in [5, 5.41) is 15.6. The van der Waals surface area contributed by atoms with Gasteiger partial charge in [0.25, 0.3) is 4.29 Å². The van der Waals surface area contributed by atoms with Crippen molar-refractivity contribution in [2.24, 2.45) is 5.72 Å². The highest BCUT2D eigenvalue weighted by atomic mass is 16.4. The summed E-state index contributed by atoms with van der Waals surface area (Å²) in [4.78, 5) is 11.8. The van der Waals surface area contributed by atoms with E-state index in [1.165, 1.54) is 0 Å². The summed E-state index contributed by atoms with van der Waals surface area (Å²) in [6.07, 6.45) is -3.55. The first-order chi connectivity index (χ1) is 12.0. The zero-order valence-corrected chi connectivity index (χ0v) is 6.99. The van der Waals surface area contributed by atoms with Crippen LogP contribution in [0.1, 0.15) is 18.5 Å². The number of aliphatic carboxylic acids is 1. The quantitative estimate of drug-likeness (QED) is 0.399. The Labute approximate surface area is 101 Å². The molecule has 0 saturated heterocycles. The minimum atomic E-state index is -3.63. The molecule has 1 aromatic carbocycles. The molecule has 2 unspecified atom stereocenters. The van der Waals surface area contributed by atoms with Gasteiger partial charge in [0.1, 0.15) is 14.9 Å². The number of nitrogens with two attached hydrogens (primary N) is 1. The lowest BCUT2D eigenvalue weighted by Crippen LogP contribution is -2.36. The van der Waals surface area contributed by atoms with Gasteiger partial charge in [0.05, 0.1) is 6.85 Å². The average molecular weight is 224 g/mol. The van der Waals surface area contributed by atoms with Crippen molar-refractivity contribution < 1.29 is 34.9 Å². The molecule has 6 heteroatoms. The third kappa shape index (κ3) is 2.36. The van der Waals surface area contributed by atoms with Gasteiger partial charge in [-0.25, -0.2) is 0 Å². The fourth-order valence-corrected chi connectivity index (χ4v) is 0.702. The second-order valence-electron chi connectivity index (χ2n) is 2.37. The Morgan fingerprint density at radius 1 is 1.60 bits per heavy atom. The number of aliphatic hydroxyl groups is 1. The van der Waals surface area contributed by atoms with Gasteiger partial charge in [0.2, 0.25) is 1.43 Å². The molecule has 1 rings (SSSR count). The Kier molecular flexibility index (Phi) is 0.931. The largest absolute Gasteiger partial charge is 0.504 e. The van der Waals surface area contributed by atoms with E-state index in [1.807, 2.05) is 0 Å². The fourth-order valence-electron chi connectivity index (χ4n) is 0.702. The number of hydrogen-bond donors (Lipinski definition) is 5. The van der Waals surface area contributed by atoms with Crippen LogP contribution in [0, 0.1) is 0 Å². The van der Waals surface area contributed by atoms with Crippen LogP contribution in [-0.4, -0.2) is 36.7 Å². The number of hydrogen-bond acceptors (Lipinski definition) is 6. The maximum atomic E-state index is 11.8. The fraction of sp³-hybridized carbons (Fsp3) is 0.222. The van der Waals surface area contributed by atoms with Crippen LogP contribution in [0.3, 0.4) is 0 Å². The number of carboxylic acids is 1. The highest BCUT2D eigenvalue weighted by Gasteiger charge is 2.24. The molecule has 0 aliphatic carbocycles. The summed E-state index contributed by atoms with van der Waals surface area (Å²) in [5.41, 5.74) is -1.95. The first kappa shape index (κ1) is 3.36. The first-order valence-electron chi connectivity index (χ1n) is 8.52. The standard InChI is InChI=1S/C9H11NO5/c10-7(9(14)15)8(13)4-1-2-5(11)6(12)3-4/h1-3,7-8,11-13H,10H2,(H,14,15)/i1D,2D,3D,7D,8D,13D/hD5. The molecule has 0 fully saturated rings. The third-order valence-corrected chi connectivity index (χ3v) is 1.38. The van der Waals surface area contributed by atoms with Gasteiger partial charge >= 0.3 is 5.97 Å². The summed E-state index contributed by atoms with van der Waals surface area (Å²) in [6, 6.07) is -6.94. The Bertz CT molecular complexity index is 705. The molecule has 0 bridgehead atoms. The zero-order chi connectivity index (χ0) is 20.4. The minimum absolute atomic E-state index is 0.746. The van der Waals surface area contributed by atoms with Gasteiger partial charge in [0, 0.05) is 0 Å². The lowest BCUT2D eigenvalue weighted by molar-refractivity contribution is -0.141. The van der Waals surface area contributed by atoms with Crippen LogP contribution >= 0.6 is 0 Å². The number of phenolic OH excluding ortho intramolecular Hbond substituents is 2. The van der Waals surface area contributed by atoms with Gasteiger partial charge < -0.3 is 26.2 Å². The van der Waals surface area contributed by atoms with E-state index < -0.39 is 59.0 Å². The minimum Gasteiger partial charge on any atom is -0.504 e. The van der Waals surface area contributed by atoms with E-state index in [0.29, 0.717) is 0 Å². The summed E-state index contributed by atoms with van der Waals surface area (Å²) in [6.45, 7) is 0. The van der Waals surface area contributed by atoms with Crippen LogP contribution < -0.4 is 5.72 Å². The molecule has 15 heavy (non-hydrogen) atoms. The number of rotatable bonds is 7. The SMILES string of the molecule is [2H]OC(=O)C([2H])(N([2H])[2H])C([2H])(O[2H])c1c([2H])c([2H])c(O[2H])c(O[2H])c1[2H]. The molecule has 2 atom stereocenters. The summed E-state index contributed by atoms with van der Waals surface area (Å²) in [7, 11) is 0. The van der Waals surface area contributed by atoms with Gasteiger partial charge in [-0.3, -0.25) is 4.79 Å². The van der Waals surface area contributed by atoms with Gasteiger partial charge in [0.15, 0.2) is 11.5 Å². The van der Waals surface area contributed by atoms with Gasteiger partial charge in [-0.1, -0.05) is 6.04 Å².